The molecule has 9 heteroatoms. The second-order valence-corrected chi connectivity index (χ2v) is 9.33. The Morgan fingerprint density at radius 3 is 2.28 bits per heavy atom. The van der Waals surface area contributed by atoms with Gasteiger partial charge in [-0.05, 0) is 50.6 Å². The number of nitrogens with one attached hydrogen (secondary N) is 1. The van der Waals surface area contributed by atoms with E-state index in [-0.39, 0.29) is 17.5 Å². The van der Waals surface area contributed by atoms with Crippen molar-refractivity contribution in [2.24, 2.45) is 7.05 Å². The summed E-state index contributed by atoms with van der Waals surface area (Å²) in [5.41, 5.74) is 2.16. The van der Waals surface area contributed by atoms with Gasteiger partial charge in [-0.2, -0.15) is 5.10 Å². The number of aromatic nitrogens is 2. The number of carbonyl (C=O) groups is 1. The molecule has 2 aromatic carbocycles. The fraction of sp³-hybridized carbons (Fsp3) is 0.304. The SMILES string of the molecule is COc1ccc(N(CC(=O)N[C@H](C)c2ccccc2)S(=O)(=O)c2c(C)nn(C)c2C)cc1. The summed E-state index contributed by atoms with van der Waals surface area (Å²) in [5, 5.41) is 7.12. The average Bonchev–Trinajstić information content (AvgIpc) is 3.04. The van der Waals surface area contributed by atoms with E-state index in [2.05, 4.69) is 10.4 Å². The molecule has 1 N–H and O–H groups in total. The van der Waals surface area contributed by atoms with E-state index in [1.807, 2.05) is 37.3 Å². The van der Waals surface area contributed by atoms with E-state index in [9.17, 15) is 13.2 Å². The first-order valence-electron chi connectivity index (χ1n) is 10.2. The highest BCUT2D eigenvalue weighted by Gasteiger charge is 2.32. The molecule has 1 heterocycles. The number of sulfonamides is 1. The Balaban J connectivity index is 1.96. The zero-order valence-corrected chi connectivity index (χ0v) is 19.7. The topological polar surface area (TPSA) is 93.5 Å². The molecule has 1 amide bonds. The quantitative estimate of drug-likeness (QED) is 0.562. The number of benzene rings is 2. The second-order valence-electron chi connectivity index (χ2n) is 7.53. The van der Waals surface area contributed by atoms with Gasteiger partial charge in [0.25, 0.3) is 10.0 Å². The number of anilines is 1. The van der Waals surface area contributed by atoms with Crippen LogP contribution in [0.3, 0.4) is 0 Å². The summed E-state index contributed by atoms with van der Waals surface area (Å²) in [4.78, 5) is 13.0. The number of aryl methyl sites for hydroxylation is 2. The lowest BCUT2D eigenvalue weighted by Crippen LogP contribution is -2.41. The Kier molecular flexibility index (Phi) is 6.88. The van der Waals surface area contributed by atoms with Crippen LogP contribution in [0.25, 0.3) is 0 Å². The highest BCUT2D eigenvalue weighted by molar-refractivity contribution is 7.93. The summed E-state index contributed by atoms with van der Waals surface area (Å²) in [5.74, 6) is 0.168. The van der Waals surface area contributed by atoms with Crippen LogP contribution in [-0.4, -0.2) is 37.8 Å². The molecule has 32 heavy (non-hydrogen) atoms. The maximum atomic E-state index is 13.7. The van der Waals surface area contributed by atoms with Crippen LogP contribution < -0.4 is 14.4 Å². The molecule has 0 saturated heterocycles. The van der Waals surface area contributed by atoms with Gasteiger partial charge in [-0.15, -0.1) is 0 Å². The first-order chi connectivity index (χ1) is 15.1. The summed E-state index contributed by atoms with van der Waals surface area (Å²) in [6.45, 7) is 4.81. The van der Waals surface area contributed by atoms with Crippen molar-refractivity contribution in [1.82, 2.24) is 15.1 Å². The molecular weight excluding hydrogens is 428 g/mol. The molecule has 0 radical (unpaired) electrons. The number of carbonyl (C=O) groups excluding carboxylic acids is 1. The van der Waals surface area contributed by atoms with Crippen LogP contribution in [0.4, 0.5) is 5.69 Å². The maximum Gasteiger partial charge on any atom is 0.268 e. The molecule has 0 aliphatic heterocycles. The monoisotopic (exact) mass is 456 g/mol. The predicted octanol–water partition coefficient (Wildman–Crippen LogP) is 3.12. The smallest absolute Gasteiger partial charge is 0.268 e. The zero-order chi connectivity index (χ0) is 23.5. The average molecular weight is 457 g/mol. The van der Waals surface area contributed by atoms with Crippen molar-refractivity contribution < 1.29 is 17.9 Å². The summed E-state index contributed by atoms with van der Waals surface area (Å²) < 4.78 is 35.2. The van der Waals surface area contributed by atoms with Crippen LogP contribution >= 0.6 is 0 Å². The molecule has 0 saturated carbocycles. The van der Waals surface area contributed by atoms with Gasteiger partial charge in [0.05, 0.1) is 30.2 Å². The summed E-state index contributed by atoms with van der Waals surface area (Å²) in [6.07, 6.45) is 0. The van der Waals surface area contributed by atoms with E-state index >= 15 is 0 Å². The number of hydrogen-bond donors (Lipinski definition) is 1. The van der Waals surface area contributed by atoms with E-state index in [0.29, 0.717) is 22.8 Å². The van der Waals surface area contributed by atoms with Crippen LogP contribution in [0, 0.1) is 13.8 Å². The predicted molar refractivity (Wildman–Crippen MR) is 123 cm³/mol. The van der Waals surface area contributed by atoms with Gasteiger partial charge in [0, 0.05) is 7.05 Å². The molecule has 0 spiro atoms. The van der Waals surface area contributed by atoms with E-state index in [1.165, 1.54) is 11.8 Å². The van der Waals surface area contributed by atoms with Crippen LogP contribution in [0.15, 0.2) is 59.5 Å². The summed E-state index contributed by atoms with van der Waals surface area (Å²) in [6, 6.07) is 15.8. The minimum Gasteiger partial charge on any atom is -0.497 e. The van der Waals surface area contributed by atoms with E-state index in [4.69, 9.17) is 4.74 Å². The van der Waals surface area contributed by atoms with E-state index in [1.54, 1.807) is 45.2 Å². The van der Waals surface area contributed by atoms with Gasteiger partial charge < -0.3 is 10.1 Å². The van der Waals surface area contributed by atoms with Gasteiger partial charge in [-0.1, -0.05) is 30.3 Å². The first-order valence-corrected chi connectivity index (χ1v) is 11.6. The highest BCUT2D eigenvalue weighted by Crippen LogP contribution is 2.29. The number of nitrogens with zero attached hydrogens (tertiary/aromatic N) is 3. The minimum absolute atomic E-state index is 0.0970. The molecule has 0 fully saturated rings. The molecular formula is C23H28N4O4S. The van der Waals surface area contributed by atoms with Crippen LogP contribution in [0.1, 0.15) is 29.9 Å². The molecule has 1 atom stereocenters. The number of hydrogen-bond acceptors (Lipinski definition) is 5. The lowest BCUT2D eigenvalue weighted by Gasteiger charge is -2.25. The molecule has 170 valence electrons. The van der Waals surface area contributed by atoms with Crippen molar-refractivity contribution in [3.8, 4) is 5.75 Å². The fourth-order valence-corrected chi connectivity index (χ4v) is 5.37. The first kappa shape index (κ1) is 23.3. The van der Waals surface area contributed by atoms with E-state index < -0.39 is 15.9 Å². The molecule has 3 rings (SSSR count). The standard InChI is InChI=1S/C23H28N4O4S/c1-16(19-9-7-6-8-10-19)24-22(28)15-27(20-11-13-21(31-5)14-12-20)32(29,30)23-17(2)25-26(4)18(23)3/h6-14,16H,15H2,1-5H3,(H,24,28)/t16-/m1/s1. The van der Waals surface area contributed by atoms with Gasteiger partial charge in [0.15, 0.2) is 0 Å². The van der Waals surface area contributed by atoms with Crippen molar-refractivity contribution >= 4 is 21.6 Å². The van der Waals surface area contributed by atoms with Crippen LogP contribution in [0.5, 0.6) is 5.75 Å². The third-order valence-corrected chi connectivity index (χ3v) is 7.34. The Morgan fingerprint density at radius 2 is 1.75 bits per heavy atom. The maximum absolute atomic E-state index is 13.7. The second kappa shape index (κ2) is 9.44. The minimum atomic E-state index is -4.06. The summed E-state index contributed by atoms with van der Waals surface area (Å²) in [7, 11) is -0.841. The van der Waals surface area contributed by atoms with Crippen molar-refractivity contribution in [2.45, 2.75) is 31.7 Å². The van der Waals surface area contributed by atoms with Crippen molar-refractivity contribution in [2.75, 3.05) is 18.0 Å². The molecule has 0 aliphatic carbocycles. The Labute approximate surface area is 188 Å². The molecule has 0 unspecified atom stereocenters. The van der Waals surface area contributed by atoms with Crippen LogP contribution in [-0.2, 0) is 21.9 Å². The van der Waals surface area contributed by atoms with Gasteiger partial charge in [0.1, 0.15) is 17.2 Å². The third kappa shape index (κ3) is 4.77. The zero-order valence-electron chi connectivity index (χ0n) is 18.9. The molecule has 1 aromatic heterocycles. The number of rotatable bonds is 8. The van der Waals surface area contributed by atoms with Gasteiger partial charge in [-0.3, -0.25) is 13.8 Å². The van der Waals surface area contributed by atoms with Gasteiger partial charge >= 0.3 is 0 Å². The van der Waals surface area contributed by atoms with Crippen LogP contribution in [0.2, 0.25) is 0 Å². The summed E-state index contributed by atoms with van der Waals surface area (Å²) >= 11 is 0. The molecule has 0 bridgehead atoms. The Hall–Kier alpha value is -3.33. The van der Waals surface area contributed by atoms with Crippen molar-refractivity contribution in [3.05, 3.63) is 71.5 Å². The van der Waals surface area contributed by atoms with E-state index in [0.717, 1.165) is 9.87 Å². The molecule has 8 nitrogen and oxygen atoms in total. The largest absolute Gasteiger partial charge is 0.497 e. The normalized spacial score (nSPS) is 12.3. The lowest BCUT2D eigenvalue weighted by molar-refractivity contribution is -0.120. The van der Waals surface area contributed by atoms with Gasteiger partial charge in [0.2, 0.25) is 5.91 Å². The molecule has 3 aromatic rings. The Bertz CT molecular complexity index is 1190. The van der Waals surface area contributed by atoms with Crippen molar-refractivity contribution in [3.63, 3.8) is 0 Å². The fourth-order valence-electron chi connectivity index (χ4n) is 3.54. The Morgan fingerprint density at radius 1 is 1.12 bits per heavy atom. The number of amides is 1. The highest BCUT2D eigenvalue weighted by atomic mass is 32.2. The number of methoxy groups -OCH3 is 1. The molecule has 0 aliphatic rings. The van der Waals surface area contributed by atoms with Gasteiger partial charge in [-0.25, -0.2) is 8.42 Å². The van der Waals surface area contributed by atoms with Crippen molar-refractivity contribution in [1.29, 1.82) is 0 Å². The third-order valence-electron chi connectivity index (χ3n) is 5.32. The number of ether oxygens (including phenoxy) is 1. The lowest BCUT2D eigenvalue weighted by atomic mass is 10.1.